The highest BCUT2D eigenvalue weighted by Crippen LogP contribution is 2.15. The van der Waals surface area contributed by atoms with Crippen LogP contribution in [0.1, 0.15) is 17.5 Å². The quantitative estimate of drug-likeness (QED) is 0.842. The van der Waals surface area contributed by atoms with Gasteiger partial charge in [0.2, 0.25) is 5.91 Å². The second-order valence-corrected chi connectivity index (χ2v) is 5.32. The molecule has 20 heavy (non-hydrogen) atoms. The number of rotatable bonds is 5. The van der Waals surface area contributed by atoms with E-state index >= 15 is 0 Å². The number of benzene rings is 1. The fraction of sp³-hybridized carbons (Fsp3) is 0.467. The summed E-state index contributed by atoms with van der Waals surface area (Å²) in [5.74, 6) is -1.16. The van der Waals surface area contributed by atoms with Crippen molar-refractivity contribution in [1.82, 2.24) is 10.2 Å². The van der Waals surface area contributed by atoms with E-state index < -0.39 is 5.97 Å². The minimum Gasteiger partial charge on any atom is -0.481 e. The molecule has 1 aromatic rings. The standard InChI is InChI=1S/C15H20N2O3/c1-11-3-2-4-12(7-11)8-16-14(18)10-17-6-5-13(9-17)15(19)20/h2-4,7,13H,5-6,8-10H2,1H3,(H,16,18)(H,19,20). The van der Waals surface area contributed by atoms with Gasteiger partial charge in [-0.15, -0.1) is 0 Å². The molecule has 2 rings (SSSR count). The first kappa shape index (κ1) is 14.5. The van der Waals surface area contributed by atoms with Gasteiger partial charge in [-0.1, -0.05) is 29.8 Å². The van der Waals surface area contributed by atoms with Crippen LogP contribution in [0.15, 0.2) is 24.3 Å². The zero-order valence-electron chi connectivity index (χ0n) is 11.6. The Balaban J connectivity index is 1.75. The van der Waals surface area contributed by atoms with E-state index in [1.165, 1.54) is 5.56 Å². The number of likely N-dealkylation sites (tertiary alicyclic amines) is 1. The van der Waals surface area contributed by atoms with Crippen molar-refractivity contribution in [3.8, 4) is 0 Å². The van der Waals surface area contributed by atoms with Gasteiger partial charge in [0.05, 0.1) is 12.5 Å². The number of carbonyl (C=O) groups excluding carboxylic acids is 1. The molecular formula is C15H20N2O3. The molecular weight excluding hydrogens is 256 g/mol. The van der Waals surface area contributed by atoms with Crippen LogP contribution in [0.3, 0.4) is 0 Å². The molecule has 1 aliphatic rings. The molecule has 0 aliphatic carbocycles. The van der Waals surface area contributed by atoms with Crippen molar-refractivity contribution in [2.75, 3.05) is 19.6 Å². The Morgan fingerprint density at radius 1 is 1.45 bits per heavy atom. The molecule has 1 saturated heterocycles. The molecule has 108 valence electrons. The van der Waals surface area contributed by atoms with Gasteiger partial charge < -0.3 is 10.4 Å². The van der Waals surface area contributed by atoms with Crippen LogP contribution in [-0.2, 0) is 16.1 Å². The minimum absolute atomic E-state index is 0.0578. The molecule has 1 amide bonds. The molecule has 1 atom stereocenters. The number of carboxylic acids is 1. The number of carboxylic acid groups (broad SMARTS) is 1. The lowest BCUT2D eigenvalue weighted by Crippen LogP contribution is -2.36. The summed E-state index contributed by atoms with van der Waals surface area (Å²) in [4.78, 5) is 24.6. The maximum atomic E-state index is 11.8. The Labute approximate surface area is 118 Å². The van der Waals surface area contributed by atoms with Crippen molar-refractivity contribution in [2.45, 2.75) is 19.9 Å². The van der Waals surface area contributed by atoms with Crippen LogP contribution in [0.25, 0.3) is 0 Å². The molecule has 0 aromatic heterocycles. The smallest absolute Gasteiger partial charge is 0.307 e. The molecule has 0 saturated carbocycles. The average molecular weight is 276 g/mol. The summed E-state index contributed by atoms with van der Waals surface area (Å²) in [7, 11) is 0. The lowest BCUT2D eigenvalue weighted by Gasteiger charge is -2.14. The highest BCUT2D eigenvalue weighted by atomic mass is 16.4. The lowest BCUT2D eigenvalue weighted by molar-refractivity contribution is -0.141. The first-order chi connectivity index (χ1) is 9.54. The van der Waals surface area contributed by atoms with Crippen LogP contribution in [0.5, 0.6) is 0 Å². The normalized spacial score (nSPS) is 18.9. The van der Waals surface area contributed by atoms with Gasteiger partial charge >= 0.3 is 5.97 Å². The van der Waals surface area contributed by atoms with Gasteiger partial charge in [0.15, 0.2) is 0 Å². The molecule has 0 radical (unpaired) electrons. The summed E-state index contributed by atoms with van der Waals surface area (Å²) in [6.45, 7) is 3.94. The topological polar surface area (TPSA) is 69.6 Å². The number of hydrogen-bond acceptors (Lipinski definition) is 3. The molecule has 1 aromatic carbocycles. The monoisotopic (exact) mass is 276 g/mol. The first-order valence-corrected chi connectivity index (χ1v) is 6.82. The molecule has 5 nitrogen and oxygen atoms in total. The van der Waals surface area contributed by atoms with Gasteiger partial charge in [0.1, 0.15) is 0 Å². The molecule has 0 spiro atoms. The molecule has 0 bridgehead atoms. The van der Waals surface area contributed by atoms with E-state index in [1.54, 1.807) is 0 Å². The Morgan fingerprint density at radius 2 is 2.25 bits per heavy atom. The fourth-order valence-electron chi connectivity index (χ4n) is 2.46. The van der Waals surface area contributed by atoms with Crippen LogP contribution < -0.4 is 5.32 Å². The van der Waals surface area contributed by atoms with Crippen molar-refractivity contribution < 1.29 is 14.7 Å². The van der Waals surface area contributed by atoms with E-state index in [4.69, 9.17) is 5.11 Å². The Kier molecular flexibility index (Phi) is 4.74. The molecule has 1 heterocycles. The number of amides is 1. The highest BCUT2D eigenvalue weighted by Gasteiger charge is 2.28. The van der Waals surface area contributed by atoms with Crippen LogP contribution in [0, 0.1) is 12.8 Å². The van der Waals surface area contributed by atoms with Crippen LogP contribution >= 0.6 is 0 Å². The van der Waals surface area contributed by atoms with E-state index in [9.17, 15) is 9.59 Å². The maximum absolute atomic E-state index is 11.8. The van der Waals surface area contributed by atoms with Crippen molar-refractivity contribution in [3.63, 3.8) is 0 Å². The van der Waals surface area contributed by atoms with Crippen molar-refractivity contribution in [2.24, 2.45) is 5.92 Å². The van der Waals surface area contributed by atoms with E-state index in [-0.39, 0.29) is 18.4 Å². The number of carbonyl (C=O) groups is 2. The van der Waals surface area contributed by atoms with Crippen molar-refractivity contribution >= 4 is 11.9 Å². The van der Waals surface area contributed by atoms with Gasteiger partial charge in [-0.2, -0.15) is 0 Å². The molecule has 2 N–H and O–H groups in total. The number of nitrogens with one attached hydrogen (secondary N) is 1. The van der Waals surface area contributed by atoms with Crippen LogP contribution in [0.2, 0.25) is 0 Å². The third kappa shape index (κ3) is 4.06. The molecule has 1 fully saturated rings. The third-order valence-electron chi connectivity index (χ3n) is 3.56. The predicted octanol–water partition coefficient (Wildman–Crippen LogP) is 1.02. The molecule has 1 unspecified atom stereocenters. The lowest BCUT2D eigenvalue weighted by atomic mass is 10.1. The number of nitrogens with zero attached hydrogens (tertiary/aromatic N) is 1. The molecule has 5 heteroatoms. The maximum Gasteiger partial charge on any atom is 0.307 e. The van der Waals surface area contributed by atoms with Crippen LogP contribution in [-0.4, -0.2) is 41.5 Å². The number of aliphatic carboxylic acids is 1. The van der Waals surface area contributed by atoms with E-state index in [0.717, 1.165) is 5.56 Å². The van der Waals surface area contributed by atoms with Gasteiger partial charge in [0, 0.05) is 13.1 Å². The fourth-order valence-corrected chi connectivity index (χ4v) is 2.46. The second kappa shape index (κ2) is 6.52. The predicted molar refractivity (Wildman–Crippen MR) is 75.2 cm³/mol. The van der Waals surface area contributed by atoms with Gasteiger partial charge in [-0.25, -0.2) is 0 Å². The largest absolute Gasteiger partial charge is 0.481 e. The Hall–Kier alpha value is -1.88. The SMILES string of the molecule is Cc1cccc(CNC(=O)CN2CCC(C(=O)O)C2)c1. The zero-order valence-corrected chi connectivity index (χ0v) is 11.6. The number of aryl methyl sites for hydroxylation is 1. The summed E-state index contributed by atoms with van der Waals surface area (Å²) in [6.07, 6.45) is 0.625. The van der Waals surface area contributed by atoms with Crippen molar-refractivity contribution in [1.29, 1.82) is 0 Å². The summed E-state index contributed by atoms with van der Waals surface area (Å²) < 4.78 is 0. The average Bonchev–Trinajstić information content (AvgIpc) is 2.85. The second-order valence-electron chi connectivity index (χ2n) is 5.32. The van der Waals surface area contributed by atoms with Crippen molar-refractivity contribution in [3.05, 3.63) is 35.4 Å². The van der Waals surface area contributed by atoms with Gasteiger partial charge in [-0.3, -0.25) is 14.5 Å². The highest BCUT2D eigenvalue weighted by molar-refractivity contribution is 5.78. The summed E-state index contributed by atoms with van der Waals surface area (Å²) in [5, 5.41) is 11.8. The van der Waals surface area contributed by atoms with E-state index in [2.05, 4.69) is 5.32 Å². The van der Waals surface area contributed by atoms with E-state index in [0.29, 0.717) is 26.1 Å². The Morgan fingerprint density at radius 3 is 2.90 bits per heavy atom. The first-order valence-electron chi connectivity index (χ1n) is 6.82. The van der Waals surface area contributed by atoms with Crippen LogP contribution in [0.4, 0.5) is 0 Å². The Bertz CT molecular complexity index is 502. The van der Waals surface area contributed by atoms with Gasteiger partial charge in [-0.05, 0) is 25.5 Å². The number of hydrogen-bond donors (Lipinski definition) is 2. The molecule has 1 aliphatic heterocycles. The summed E-state index contributed by atoms with van der Waals surface area (Å²) in [5.41, 5.74) is 2.24. The van der Waals surface area contributed by atoms with Gasteiger partial charge in [0.25, 0.3) is 0 Å². The summed E-state index contributed by atoms with van der Waals surface area (Å²) in [6, 6.07) is 8.00. The minimum atomic E-state index is -0.771. The summed E-state index contributed by atoms with van der Waals surface area (Å²) >= 11 is 0. The van der Waals surface area contributed by atoms with E-state index in [1.807, 2.05) is 36.1 Å². The third-order valence-corrected chi connectivity index (χ3v) is 3.56. The zero-order chi connectivity index (χ0) is 14.5.